The molecule has 3 amide bonds. The van der Waals surface area contributed by atoms with Crippen LogP contribution in [0, 0.1) is 0 Å². The first-order valence-corrected chi connectivity index (χ1v) is 5.65. The lowest BCUT2D eigenvalue weighted by Crippen LogP contribution is -2.19. The standard InChI is InChI=1S/C12H10ClN3O3/c13-10-5-4-9(19-10)11(17)15-7-2-1-3-8(6-7)16-12(14)18/h1-6H,(H,15,17)(H3,14,16,18). The first-order valence-electron chi connectivity index (χ1n) is 5.28. The Bertz CT molecular complexity index is 624. The van der Waals surface area contributed by atoms with Gasteiger partial charge in [-0.3, -0.25) is 4.79 Å². The van der Waals surface area contributed by atoms with E-state index in [-0.39, 0.29) is 11.0 Å². The summed E-state index contributed by atoms with van der Waals surface area (Å²) in [7, 11) is 0. The zero-order chi connectivity index (χ0) is 13.8. The lowest BCUT2D eigenvalue weighted by atomic mass is 10.2. The van der Waals surface area contributed by atoms with Gasteiger partial charge < -0.3 is 20.8 Å². The molecular formula is C12H10ClN3O3. The molecule has 0 aliphatic rings. The largest absolute Gasteiger partial charge is 0.440 e. The van der Waals surface area contributed by atoms with E-state index < -0.39 is 11.9 Å². The first-order chi connectivity index (χ1) is 9.04. The van der Waals surface area contributed by atoms with E-state index in [1.165, 1.54) is 12.1 Å². The lowest BCUT2D eigenvalue weighted by molar-refractivity contribution is 0.0997. The molecule has 98 valence electrons. The molecule has 0 radical (unpaired) electrons. The van der Waals surface area contributed by atoms with Crippen LogP contribution in [0.2, 0.25) is 5.22 Å². The molecule has 0 spiro atoms. The molecule has 1 aromatic heterocycles. The average molecular weight is 280 g/mol. The molecule has 0 aliphatic heterocycles. The number of hydrogen-bond donors (Lipinski definition) is 3. The summed E-state index contributed by atoms with van der Waals surface area (Å²) in [5.41, 5.74) is 5.97. The van der Waals surface area contributed by atoms with Gasteiger partial charge in [0.1, 0.15) is 0 Å². The Hall–Kier alpha value is -2.47. The van der Waals surface area contributed by atoms with Crippen molar-refractivity contribution < 1.29 is 14.0 Å². The Labute approximate surface area is 113 Å². The van der Waals surface area contributed by atoms with E-state index in [2.05, 4.69) is 10.6 Å². The summed E-state index contributed by atoms with van der Waals surface area (Å²) < 4.78 is 4.98. The number of halogens is 1. The fourth-order valence-corrected chi connectivity index (χ4v) is 1.59. The quantitative estimate of drug-likeness (QED) is 0.805. The van der Waals surface area contributed by atoms with Crippen LogP contribution in [0.15, 0.2) is 40.8 Å². The second-order valence-electron chi connectivity index (χ2n) is 3.63. The molecule has 0 fully saturated rings. The van der Waals surface area contributed by atoms with Gasteiger partial charge in [0.2, 0.25) is 0 Å². The van der Waals surface area contributed by atoms with Crippen molar-refractivity contribution in [2.24, 2.45) is 5.73 Å². The van der Waals surface area contributed by atoms with Crippen molar-refractivity contribution in [3.05, 3.63) is 47.4 Å². The highest BCUT2D eigenvalue weighted by Gasteiger charge is 2.11. The van der Waals surface area contributed by atoms with E-state index in [0.717, 1.165) is 0 Å². The number of primary amides is 1. The van der Waals surface area contributed by atoms with E-state index in [9.17, 15) is 9.59 Å². The summed E-state index contributed by atoms with van der Waals surface area (Å²) in [6, 6.07) is 8.79. The molecular weight excluding hydrogens is 270 g/mol. The Morgan fingerprint density at radius 2 is 1.79 bits per heavy atom. The SMILES string of the molecule is NC(=O)Nc1cccc(NC(=O)c2ccc(Cl)o2)c1. The van der Waals surface area contributed by atoms with Gasteiger partial charge in [-0.25, -0.2) is 4.79 Å². The minimum absolute atomic E-state index is 0.0956. The Morgan fingerprint density at radius 3 is 2.37 bits per heavy atom. The molecule has 0 aliphatic carbocycles. The monoisotopic (exact) mass is 279 g/mol. The molecule has 0 unspecified atom stereocenters. The van der Waals surface area contributed by atoms with Crippen LogP contribution in [0.1, 0.15) is 10.6 Å². The number of hydrogen-bond acceptors (Lipinski definition) is 3. The zero-order valence-corrected chi connectivity index (χ0v) is 10.4. The van der Waals surface area contributed by atoms with Gasteiger partial charge in [0.25, 0.3) is 5.91 Å². The van der Waals surface area contributed by atoms with Crippen LogP contribution in [-0.2, 0) is 0 Å². The van der Waals surface area contributed by atoms with Gasteiger partial charge >= 0.3 is 6.03 Å². The normalized spacial score (nSPS) is 9.95. The number of nitrogens with two attached hydrogens (primary N) is 1. The Balaban J connectivity index is 2.10. The fourth-order valence-electron chi connectivity index (χ4n) is 1.45. The van der Waals surface area contributed by atoms with E-state index >= 15 is 0 Å². The van der Waals surface area contributed by atoms with Crippen molar-refractivity contribution in [3.8, 4) is 0 Å². The molecule has 6 nitrogen and oxygen atoms in total. The number of amides is 3. The summed E-state index contributed by atoms with van der Waals surface area (Å²) in [5.74, 6) is -0.346. The van der Waals surface area contributed by atoms with Crippen LogP contribution in [0.3, 0.4) is 0 Å². The molecule has 0 bridgehead atoms. The van der Waals surface area contributed by atoms with Crippen LogP contribution in [0.4, 0.5) is 16.2 Å². The van der Waals surface area contributed by atoms with Crippen molar-refractivity contribution in [3.63, 3.8) is 0 Å². The van der Waals surface area contributed by atoms with Crippen molar-refractivity contribution in [2.45, 2.75) is 0 Å². The van der Waals surface area contributed by atoms with Crippen LogP contribution < -0.4 is 16.4 Å². The minimum Gasteiger partial charge on any atom is -0.440 e. The van der Waals surface area contributed by atoms with Gasteiger partial charge in [-0.2, -0.15) is 0 Å². The number of urea groups is 1. The number of furan rings is 1. The summed E-state index contributed by atoms with van der Waals surface area (Å²) >= 11 is 5.58. The molecule has 0 atom stereocenters. The molecule has 4 N–H and O–H groups in total. The summed E-state index contributed by atoms with van der Waals surface area (Å²) in [5, 5.41) is 5.14. The highest BCUT2D eigenvalue weighted by molar-refractivity contribution is 6.29. The highest BCUT2D eigenvalue weighted by Crippen LogP contribution is 2.18. The average Bonchev–Trinajstić information content (AvgIpc) is 2.75. The summed E-state index contributed by atoms with van der Waals surface area (Å²) in [6.07, 6.45) is 0. The highest BCUT2D eigenvalue weighted by atomic mass is 35.5. The van der Waals surface area contributed by atoms with Crippen molar-refractivity contribution >= 4 is 34.9 Å². The predicted molar refractivity (Wildman–Crippen MR) is 71.3 cm³/mol. The van der Waals surface area contributed by atoms with Gasteiger partial charge in [0.15, 0.2) is 11.0 Å². The molecule has 7 heteroatoms. The molecule has 19 heavy (non-hydrogen) atoms. The predicted octanol–water partition coefficient (Wildman–Crippen LogP) is 2.68. The Kier molecular flexibility index (Phi) is 3.72. The van der Waals surface area contributed by atoms with Crippen LogP contribution in [0.5, 0.6) is 0 Å². The van der Waals surface area contributed by atoms with Crippen molar-refractivity contribution in [1.82, 2.24) is 0 Å². The maximum atomic E-state index is 11.8. The van der Waals surface area contributed by atoms with Crippen LogP contribution in [0.25, 0.3) is 0 Å². The third-order valence-corrected chi connectivity index (χ3v) is 2.39. The number of nitrogens with one attached hydrogen (secondary N) is 2. The fraction of sp³-hybridized carbons (Fsp3) is 0. The number of benzene rings is 1. The molecule has 1 heterocycles. The molecule has 2 rings (SSSR count). The van der Waals surface area contributed by atoms with E-state index in [4.69, 9.17) is 21.8 Å². The third-order valence-electron chi connectivity index (χ3n) is 2.18. The van der Waals surface area contributed by atoms with Gasteiger partial charge in [0.05, 0.1) is 0 Å². The first kappa shape index (κ1) is 13.0. The minimum atomic E-state index is -0.679. The maximum absolute atomic E-state index is 11.8. The second kappa shape index (κ2) is 5.45. The van der Waals surface area contributed by atoms with Crippen LogP contribution >= 0.6 is 11.6 Å². The van der Waals surface area contributed by atoms with Gasteiger partial charge in [-0.05, 0) is 41.9 Å². The number of rotatable bonds is 3. The van der Waals surface area contributed by atoms with Crippen LogP contribution in [-0.4, -0.2) is 11.9 Å². The van der Waals surface area contributed by atoms with Gasteiger partial charge in [-0.1, -0.05) is 6.07 Å². The topological polar surface area (TPSA) is 97.4 Å². The molecule has 1 aromatic carbocycles. The number of carbonyl (C=O) groups excluding carboxylic acids is 2. The number of anilines is 2. The maximum Gasteiger partial charge on any atom is 0.316 e. The van der Waals surface area contributed by atoms with E-state index in [0.29, 0.717) is 11.4 Å². The van der Waals surface area contributed by atoms with Gasteiger partial charge in [0, 0.05) is 11.4 Å². The van der Waals surface area contributed by atoms with Crippen molar-refractivity contribution in [2.75, 3.05) is 10.6 Å². The van der Waals surface area contributed by atoms with Gasteiger partial charge in [-0.15, -0.1) is 0 Å². The molecule has 0 saturated carbocycles. The summed E-state index contributed by atoms with van der Waals surface area (Å²) in [4.78, 5) is 22.5. The van der Waals surface area contributed by atoms with E-state index in [1.807, 2.05) is 0 Å². The van der Waals surface area contributed by atoms with Crippen molar-refractivity contribution in [1.29, 1.82) is 0 Å². The zero-order valence-electron chi connectivity index (χ0n) is 9.64. The smallest absolute Gasteiger partial charge is 0.316 e. The lowest BCUT2D eigenvalue weighted by Gasteiger charge is -2.06. The number of carbonyl (C=O) groups is 2. The van der Waals surface area contributed by atoms with E-state index in [1.54, 1.807) is 24.3 Å². The Morgan fingerprint density at radius 1 is 1.11 bits per heavy atom. The molecule has 2 aromatic rings. The third kappa shape index (κ3) is 3.49. The summed E-state index contributed by atoms with van der Waals surface area (Å²) in [6.45, 7) is 0. The molecule has 0 saturated heterocycles. The second-order valence-corrected chi connectivity index (χ2v) is 4.00.